The van der Waals surface area contributed by atoms with Crippen molar-refractivity contribution in [1.29, 1.82) is 0 Å². The van der Waals surface area contributed by atoms with Crippen molar-refractivity contribution in [3.8, 4) is 5.88 Å². The second-order valence-corrected chi connectivity index (χ2v) is 4.54. The van der Waals surface area contributed by atoms with Gasteiger partial charge >= 0.3 is 0 Å². The minimum atomic E-state index is 0.0622. The van der Waals surface area contributed by atoms with Crippen molar-refractivity contribution in [1.82, 2.24) is 15.6 Å². The number of ether oxygens (including phenoxy) is 1. The van der Waals surface area contributed by atoms with Gasteiger partial charge in [-0.1, -0.05) is 26.7 Å². The predicted molar refractivity (Wildman–Crippen MR) is 67.3 cm³/mol. The molecule has 1 rings (SSSR count). The van der Waals surface area contributed by atoms with Crippen LogP contribution >= 0.6 is 0 Å². The topological polar surface area (TPSA) is 73.1 Å². The summed E-state index contributed by atoms with van der Waals surface area (Å²) >= 11 is 0. The normalized spacial score (nSPS) is 12.8. The maximum Gasteiger partial charge on any atom is 0.233 e. The molecule has 0 aliphatic carbocycles. The van der Waals surface area contributed by atoms with Crippen molar-refractivity contribution < 1.29 is 4.74 Å². The van der Waals surface area contributed by atoms with E-state index in [9.17, 15) is 0 Å². The lowest BCUT2D eigenvalue weighted by Crippen LogP contribution is -2.29. The first kappa shape index (κ1) is 13.9. The summed E-state index contributed by atoms with van der Waals surface area (Å²) in [6, 6.07) is 3.76. The second-order valence-electron chi connectivity index (χ2n) is 4.54. The molecule has 1 aromatic rings. The SMILES string of the molecule is COc1ccc(C(CCCC(C)C)NN)nn1. The second kappa shape index (κ2) is 7.19. The lowest BCUT2D eigenvalue weighted by atomic mass is 10.0. The van der Waals surface area contributed by atoms with Crippen LogP contribution in [0.25, 0.3) is 0 Å². The molecule has 0 radical (unpaired) electrons. The molecule has 96 valence electrons. The Labute approximate surface area is 103 Å². The van der Waals surface area contributed by atoms with Gasteiger partial charge in [-0.3, -0.25) is 11.3 Å². The third kappa shape index (κ3) is 4.66. The molecule has 0 aliphatic heterocycles. The summed E-state index contributed by atoms with van der Waals surface area (Å²) in [5.41, 5.74) is 3.64. The third-order valence-electron chi connectivity index (χ3n) is 2.70. The molecule has 1 unspecified atom stereocenters. The summed E-state index contributed by atoms with van der Waals surface area (Å²) in [6.45, 7) is 4.44. The number of methoxy groups -OCH3 is 1. The summed E-state index contributed by atoms with van der Waals surface area (Å²) < 4.78 is 4.97. The molecule has 1 heterocycles. The zero-order chi connectivity index (χ0) is 12.7. The fourth-order valence-corrected chi connectivity index (χ4v) is 1.67. The molecule has 1 aromatic heterocycles. The number of rotatable bonds is 7. The first-order chi connectivity index (χ1) is 8.17. The van der Waals surface area contributed by atoms with Gasteiger partial charge in [0.25, 0.3) is 0 Å². The van der Waals surface area contributed by atoms with Gasteiger partial charge in [-0.25, -0.2) is 0 Å². The average molecular weight is 238 g/mol. The summed E-state index contributed by atoms with van der Waals surface area (Å²) in [7, 11) is 1.57. The minimum absolute atomic E-state index is 0.0622. The molecule has 1 atom stereocenters. The highest BCUT2D eigenvalue weighted by Gasteiger charge is 2.12. The van der Waals surface area contributed by atoms with E-state index in [0.717, 1.165) is 24.5 Å². The summed E-state index contributed by atoms with van der Waals surface area (Å²) in [5.74, 6) is 6.78. The molecule has 0 fully saturated rings. The van der Waals surface area contributed by atoms with E-state index >= 15 is 0 Å². The summed E-state index contributed by atoms with van der Waals surface area (Å²) in [6.07, 6.45) is 3.29. The maximum absolute atomic E-state index is 5.54. The van der Waals surface area contributed by atoms with Crippen LogP contribution in [-0.4, -0.2) is 17.3 Å². The number of hydrazine groups is 1. The first-order valence-electron chi connectivity index (χ1n) is 6.01. The lowest BCUT2D eigenvalue weighted by molar-refractivity contribution is 0.387. The van der Waals surface area contributed by atoms with Crippen LogP contribution < -0.4 is 16.0 Å². The summed E-state index contributed by atoms with van der Waals surface area (Å²) in [4.78, 5) is 0. The maximum atomic E-state index is 5.54. The molecule has 0 spiro atoms. The van der Waals surface area contributed by atoms with Crippen molar-refractivity contribution in [3.05, 3.63) is 17.8 Å². The molecule has 3 N–H and O–H groups in total. The molecule has 0 aliphatic rings. The Morgan fingerprint density at radius 3 is 2.53 bits per heavy atom. The number of hydrogen-bond acceptors (Lipinski definition) is 5. The van der Waals surface area contributed by atoms with Crippen LogP contribution in [0.15, 0.2) is 12.1 Å². The molecule has 0 saturated heterocycles. The van der Waals surface area contributed by atoms with Crippen LogP contribution in [0.5, 0.6) is 5.88 Å². The van der Waals surface area contributed by atoms with Crippen molar-refractivity contribution >= 4 is 0 Å². The van der Waals surface area contributed by atoms with Gasteiger partial charge in [0.15, 0.2) is 0 Å². The predicted octanol–water partition coefficient (Wildman–Crippen LogP) is 1.82. The van der Waals surface area contributed by atoms with Gasteiger partial charge in [0.05, 0.1) is 18.8 Å². The Morgan fingerprint density at radius 1 is 1.29 bits per heavy atom. The van der Waals surface area contributed by atoms with Crippen LogP contribution in [-0.2, 0) is 0 Å². The van der Waals surface area contributed by atoms with E-state index in [1.807, 2.05) is 6.07 Å². The molecule has 17 heavy (non-hydrogen) atoms. The summed E-state index contributed by atoms with van der Waals surface area (Å²) in [5, 5.41) is 8.04. The molecule has 0 saturated carbocycles. The van der Waals surface area contributed by atoms with Gasteiger partial charge in [0, 0.05) is 6.07 Å². The van der Waals surface area contributed by atoms with Gasteiger partial charge in [0.1, 0.15) is 0 Å². The quantitative estimate of drug-likeness (QED) is 0.560. The van der Waals surface area contributed by atoms with Crippen LogP contribution in [0.4, 0.5) is 0 Å². The Balaban J connectivity index is 2.53. The Hall–Kier alpha value is -1.20. The molecular formula is C12H22N4O. The average Bonchev–Trinajstić information content (AvgIpc) is 2.34. The van der Waals surface area contributed by atoms with Crippen LogP contribution in [0, 0.1) is 5.92 Å². The van der Waals surface area contributed by atoms with E-state index in [1.54, 1.807) is 13.2 Å². The lowest BCUT2D eigenvalue weighted by Gasteiger charge is -2.15. The van der Waals surface area contributed by atoms with E-state index in [2.05, 4.69) is 29.5 Å². The highest BCUT2D eigenvalue weighted by atomic mass is 16.5. The Bertz CT molecular complexity index is 313. The van der Waals surface area contributed by atoms with Gasteiger partial charge in [-0.05, 0) is 18.4 Å². The van der Waals surface area contributed by atoms with Gasteiger partial charge in [-0.15, -0.1) is 5.10 Å². The van der Waals surface area contributed by atoms with Crippen molar-refractivity contribution in [2.45, 2.75) is 39.2 Å². The van der Waals surface area contributed by atoms with Crippen molar-refractivity contribution in [3.63, 3.8) is 0 Å². The molecular weight excluding hydrogens is 216 g/mol. The van der Waals surface area contributed by atoms with Gasteiger partial charge < -0.3 is 4.74 Å². The van der Waals surface area contributed by atoms with Crippen molar-refractivity contribution in [2.75, 3.05) is 7.11 Å². The van der Waals surface area contributed by atoms with Crippen molar-refractivity contribution in [2.24, 2.45) is 11.8 Å². The number of hydrogen-bond donors (Lipinski definition) is 2. The number of nitrogens with two attached hydrogens (primary N) is 1. The molecule has 5 heteroatoms. The smallest absolute Gasteiger partial charge is 0.233 e. The molecule has 0 amide bonds. The van der Waals surface area contributed by atoms with E-state index in [-0.39, 0.29) is 6.04 Å². The Kier molecular flexibility index (Phi) is 5.86. The van der Waals surface area contributed by atoms with E-state index in [0.29, 0.717) is 5.88 Å². The van der Waals surface area contributed by atoms with Gasteiger partial charge in [0.2, 0.25) is 5.88 Å². The first-order valence-corrected chi connectivity index (χ1v) is 6.01. The highest BCUT2D eigenvalue weighted by molar-refractivity contribution is 5.13. The van der Waals surface area contributed by atoms with Crippen LogP contribution in [0.1, 0.15) is 44.8 Å². The van der Waals surface area contributed by atoms with Crippen LogP contribution in [0.2, 0.25) is 0 Å². The zero-order valence-electron chi connectivity index (χ0n) is 10.8. The largest absolute Gasteiger partial charge is 0.480 e. The standard InChI is InChI=1S/C12H22N4O/c1-9(2)5-4-6-10(14-13)11-7-8-12(17-3)16-15-11/h7-10,14H,4-6,13H2,1-3H3. The fraction of sp³-hybridized carbons (Fsp3) is 0.667. The highest BCUT2D eigenvalue weighted by Crippen LogP contribution is 2.19. The molecule has 5 nitrogen and oxygen atoms in total. The van der Waals surface area contributed by atoms with E-state index in [1.165, 1.54) is 6.42 Å². The zero-order valence-corrected chi connectivity index (χ0v) is 10.8. The number of nitrogens with zero attached hydrogens (tertiary/aromatic N) is 2. The number of nitrogens with one attached hydrogen (secondary N) is 1. The third-order valence-corrected chi connectivity index (χ3v) is 2.70. The Morgan fingerprint density at radius 2 is 2.06 bits per heavy atom. The molecule has 0 aromatic carbocycles. The van der Waals surface area contributed by atoms with E-state index < -0.39 is 0 Å². The molecule has 0 bridgehead atoms. The van der Waals surface area contributed by atoms with E-state index in [4.69, 9.17) is 10.6 Å². The van der Waals surface area contributed by atoms with Gasteiger partial charge in [-0.2, -0.15) is 5.10 Å². The van der Waals surface area contributed by atoms with Crippen LogP contribution in [0.3, 0.4) is 0 Å². The number of aromatic nitrogens is 2. The fourth-order valence-electron chi connectivity index (χ4n) is 1.67. The monoisotopic (exact) mass is 238 g/mol. The minimum Gasteiger partial charge on any atom is -0.480 e.